The lowest BCUT2D eigenvalue weighted by Crippen LogP contribution is -2.26. The number of hydrogen-bond acceptors (Lipinski definition) is 3. The summed E-state index contributed by atoms with van der Waals surface area (Å²) in [4.78, 5) is 12.4. The summed E-state index contributed by atoms with van der Waals surface area (Å²) in [5.41, 5.74) is -2.91. The van der Waals surface area contributed by atoms with Crippen molar-refractivity contribution in [2.24, 2.45) is 5.10 Å². The molecule has 0 atom stereocenters. The number of rotatable bonds is 4. The van der Waals surface area contributed by atoms with Crippen molar-refractivity contribution in [3.8, 4) is 17.3 Å². The summed E-state index contributed by atoms with van der Waals surface area (Å²) in [6.45, 7) is 1.90. The molecule has 0 amide bonds. The smallest absolute Gasteiger partial charge is 0.266 e. The molecule has 7 heteroatoms. The molecule has 0 saturated carbocycles. The van der Waals surface area contributed by atoms with Crippen molar-refractivity contribution in [2.75, 3.05) is 0 Å². The number of benzene rings is 1. The predicted molar refractivity (Wildman–Crippen MR) is 84.7 cm³/mol. The standard InChI is InChI=1S/C17H14F3N3O/c1-2-3-9-22-23-15(12-7-5-4-6-8-12)10-14(17(18,19)20)13(11-21)16(23)24/h4-10H,2-3H2,1H3. The molecule has 1 aromatic carbocycles. The summed E-state index contributed by atoms with van der Waals surface area (Å²) in [6.07, 6.45) is -2.03. The Morgan fingerprint density at radius 2 is 1.96 bits per heavy atom. The van der Waals surface area contributed by atoms with Gasteiger partial charge in [-0.25, -0.2) is 0 Å². The molecule has 124 valence electrons. The van der Waals surface area contributed by atoms with Gasteiger partial charge in [0, 0.05) is 11.8 Å². The predicted octanol–water partition coefficient (Wildman–Crippen LogP) is 4.04. The molecule has 24 heavy (non-hydrogen) atoms. The van der Waals surface area contributed by atoms with Gasteiger partial charge in [0.25, 0.3) is 5.56 Å². The van der Waals surface area contributed by atoms with Crippen LogP contribution in [0.2, 0.25) is 0 Å². The molecular weight excluding hydrogens is 319 g/mol. The van der Waals surface area contributed by atoms with Crippen LogP contribution in [0.15, 0.2) is 46.3 Å². The molecule has 1 aromatic heterocycles. The number of aromatic nitrogens is 1. The molecular formula is C17H14F3N3O. The first-order valence-corrected chi connectivity index (χ1v) is 7.25. The minimum Gasteiger partial charge on any atom is -0.266 e. The number of nitriles is 1. The molecule has 0 unspecified atom stereocenters. The minimum atomic E-state index is -4.81. The van der Waals surface area contributed by atoms with Gasteiger partial charge < -0.3 is 0 Å². The lowest BCUT2D eigenvalue weighted by Gasteiger charge is -2.14. The van der Waals surface area contributed by atoms with Crippen molar-refractivity contribution in [3.63, 3.8) is 0 Å². The molecule has 1 heterocycles. The third-order valence-electron chi connectivity index (χ3n) is 3.29. The van der Waals surface area contributed by atoms with E-state index >= 15 is 0 Å². The fraction of sp³-hybridized carbons (Fsp3) is 0.235. The van der Waals surface area contributed by atoms with Gasteiger partial charge in [-0.15, -0.1) is 0 Å². The van der Waals surface area contributed by atoms with Gasteiger partial charge in [0.05, 0.1) is 11.3 Å². The molecule has 4 nitrogen and oxygen atoms in total. The number of pyridine rings is 1. The Bertz CT molecular complexity index is 846. The van der Waals surface area contributed by atoms with E-state index in [4.69, 9.17) is 5.26 Å². The molecule has 0 saturated heterocycles. The Balaban J connectivity index is 2.82. The molecule has 0 spiro atoms. The first kappa shape index (κ1) is 17.5. The number of hydrogen-bond donors (Lipinski definition) is 0. The second kappa shape index (κ2) is 7.13. The van der Waals surface area contributed by atoms with Crippen molar-refractivity contribution in [1.82, 2.24) is 4.68 Å². The number of halogens is 3. The lowest BCUT2D eigenvalue weighted by atomic mass is 10.0. The largest absolute Gasteiger partial charge is 0.417 e. The molecule has 0 radical (unpaired) electrons. The summed E-state index contributed by atoms with van der Waals surface area (Å²) in [5, 5.41) is 13.0. The van der Waals surface area contributed by atoms with Crippen molar-refractivity contribution >= 4 is 6.21 Å². The van der Waals surface area contributed by atoms with E-state index in [1.807, 2.05) is 6.92 Å². The fourth-order valence-electron chi connectivity index (χ4n) is 2.13. The summed E-state index contributed by atoms with van der Waals surface area (Å²) in [6, 6.07) is 10.3. The van der Waals surface area contributed by atoms with Gasteiger partial charge in [0.2, 0.25) is 0 Å². The van der Waals surface area contributed by atoms with Crippen molar-refractivity contribution < 1.29 is 13.2 Å². The maximum absolute atomic E-state index is 13.2. The highest BCUT2D eigenvalue weighted by atomic mass is 19.4. The minimum absolute atomic E-state index is 0.0146. The van der Waals surface area contributed by atoms with Crippen LogP contribution in [0, 0.1) is 11.3 Å². The molecule has 0 fully saturated rings. The Morgan fingerprint density at radius 3 is 2.50 bits per heavy atom. The Labute approximate surface area is 136 Å². The van der Waals surface area contributed by atoms with Crippen LogP contribution in [0.25, 0.3) is 11.3 Å². The van der Waals surface area contributed by atoms with Gasteiger partial charge in [-0.05, 0) is 12.5 Å². The van der Waals surface area contributed by atoms with Crippen LogP contribution in [-0.2, 0) is 6.18 Å². The molecule has 0 aliphatic heterocycles. The second-order valence-electron chi connectivity index (χ2n) is 5.00. The van der Waals surface area contributed by atoms with E-state index < -0.39 is 22.9 Å². The van der Waals surface area contributed by atoms with Gasteiger partial charge >= 0.3 is 6.18 Å². The Hall–Kier alpha value is -2.88. The van der Waals surface area contributed by atoms with Crippen LogP contribution >= 0.6 is 0 Å². The zero-order chi connectivity index (χ0) is 17.7. The molecule has 0 N–H and O–H groups in total. The zero-order valence-electron chi connectivity index (χ0n) is 12.8. The molecule has 2 rings (SSSR count). The maximum Gasteiger partial charge on any atom is 0.417 e. The first-order chi connectivity index (χ1) is 11.4. The summed E-state index contributed by atoms with van der Waals surface area (Å²) in [7, 11) is 0. The molecule has 2 aromatic rings. The number of alkyl halides is 3. The highest BCUT2D eigenvalue weighted by molar-refractivity contribution is 5.64. The highest BCUT2D eigenvalue weighted by Gasteiger charge is 2.36. The third kappa shape index (κ3) is 3.54. The summed E-state index contributed by atoms with van der Waals surface area (Å²) in [5.74, 6) is 0. The molecule has 0 bridgehead atoms. The van der Waals surface area contributed by atoms with Crippen LogP contribution in [0.1, 0.15) is 30.9 Å². The number of nitrogens with zero attached hydrogens (tertiary/aromatic N) is 3. The number of unbranched alkanes of at least 4 members (excludes halogenated alkanes) is 1. The van der Waals surface area contributed by atoms with Crippen LogP contribution in [-0.4, -0.2) is 10.9 Å². The van der Waals surface area contributed by atoms with Gasteiger partial charge in [0.15, 0.2) is 0 Å². The van der Waals surface area contributed by atoms with Gasteiger partial charge in [-0.1, -0.05) is 43.7 Å². The van der Waals surface area contributed by atoms with Gasteiger partial charge in [-0.2, -0.15) is 28.2 Å². The van der Waals surface area contributed by atoms with Gasteiger partial charge in [-0.3, -0.25) is 4.79 Å². The molecule has 0 aliphatic rings. The van der Waals surface area contributed by atoms with E-state index in [2.05, 4.69) is 5.10 Å². The normalized spacial score (nSPS) is 11.6. The fourth-order valence-corrected chi connectivity index (χ4v) is 2.13. The highest BCUT2D eigenvalue weighted by Crippen LogP contribution is 2.33. The van der Waals surface area contributed by atoms with Crippen molar-refractivity contribution in [2.45, 2.75) is 25.9 Å². The van der Waals surface area contributed by atoms with Crippen LogP contribution < -0.4 is 5.56 Å². The second-order valence-corrected chi connectivity index (χ2v) is 5.00. The van der Waals surface area contributed by atoms with E-state index in [1.54, 1.807) is 30.3 Å². The Morgan fingerprint density at radius 1 is 1.29 bits per heavy atom. The average Bonchev–Trinajstić information content (AvgIpc) is 2.55. The first-order valence-electron chi connectivity index (χ1n) is 7.25. The van der Waals surface area contributed by atoms with Crippen molar-refractivity contribution in [3.05, 3.63) is 57.9 Å². The quantitative estimate of drug-likeness (QED) is 0.793. The average molecular weight is 333 g/mol. The topological polar surface area (TPSA) is 58.1 Å². The van der Waals surface area contributed by atoms with Gasteiger partial charge in [0.1, 0.15) is 11.6 Å². The SMILES string of the molecule is CCCC=Nn1c(-c2ccccc2)cc(C(F)(F)F)c(C#N)c1=O. The summed E-state index contributed by atoms with van der Waals surface area (Å²) >= 11 is 0. The summed E-state index contributed by atoms with van der Waals surface area (Å²) < 4.78 is 40.5. The van der Waals surface area contributed by atoms with E-state index in [1.165, 1.54) is 12.3 Å². The molecule has 0 aliphatic carbocycles. The van der Waals surface area contributed by atoms with Crippen LogP contribution in [0.5, 0.6) is 0 Å². The van der Waals surface area contributed by atoms with Crippen LogP contribution in [0.3, 0.4) is 0 Å². The maximum atomic E-state index is 13.2. The monoisotopic (exact) mass is 333 g/mol. The van der Waals surface area contributed by atoms with E-state index in [0.29, 0.717) is 12.0 Å². The van der Waals surface area contributed by atoms with Crippen molar-refractivity contribution in [1.29, 1.82) is 5.26 Å². The van der Waals surface area contributed by atoms with E-state index in [-0.39, 0.29) is 5.69 Å². The Kier molecular flexibility index (Phi) is 5.19. The lowest BCUT2D eigenvalue weighted by molar-refractivity contribution is -0.137. The van der Waals surface area contributed by atoms with Crippen LogP contribution in [0.4, 0.5) is 13.2 Å². The van der Waals surface area contributed by atoms with E-state index in [9.17, 15) is 18.0 Å². The third-order valence-corrected chi connectivity index (χ3v) is 3.29. The van der Waals surface area contributed by atoms with E-state index in [0.717, 1.165) is 17.2 Å². The zero-order valence-corrected chi connectivity index (χ0v) is 12.8.